The first-order valence-electron chi connectivity index (χ1n) is 6.87. The van der Waals surface area contributed by atoms with Gasteiger partial charge in [0.25, 0.3) is 5.91 Å². The second kappa shape index (κ2) is 4.47. The number of nitrogens with zero attached hydrogens (tertiary/aromatic N) is 1. The lowest BCUT2D eigenvalue weighted by Crippen LogP contribution is -2.34. The molecule has 4 nitrogen and oxygen atoms in total. The highest BCUT2D eigenvalue weighted by molar-refractivity contribution is 5.92. The Morgan fingerprint density at radius 3 is 2.60 bits per heavy atom. The molecule has 0 aliphatic heterocycles. The van der Waals surface area contributed by atoms with Gasteiger partial charge in [-0.2, -0.15) is 0 Å². The average Bonchev–Trinajstić information content (AvgIpc) is 2.85. The number of rotatable bonds is 4. The third-order valence-electron chi connectivity index (χ3n) is 4.53. The second-order valence-electron chi connectivity index (χ2n) is 6.16. The molecule has 0 spiro atoms. The van der Waals surface area contributed by atoms with E-state index in [9.17, 15) is 4.79 Å². The van der Waals surface area contributed by atoms with E-state index in [0.29, 0.717) is 12.2 Å². The summed E-state index contributed by atoms with van der Waals surface area (Å²) in [6.45, 7) is 5.16. The monoisotopic (exact) mass is 269 g/mol. The van der Waals surface area contributed by atoms with Crippen molar-refractivity contribution < 1.29 is 4.79 Å². The zero-order valence-electron chi connectivity index (χ0n) is 11.8. The van der Waals surface area contributed by atoms with E-state index < -0.39 is 0 Å². The molecule has 1 amide bonds. The number of aromatic nitrogens is 2. The van der Waals surface area contributed by atoms with Crippen molar-refractivity contribution in [2.45, 2.75) is 25.7 Å². The van der Waals surface area contributed by atoms with Crippen LogP contribution in [0.4, 0.5) is 0 Å². The van der Waals surface area contributed by atoms with Gasteiger partial charge in [-0.25, -0.2) is 4.98 Å². The molecule has 1 fully saturated rings. The summed E-state index contributed by atoms with van der Waals surface area (Å²) < 4.78 is 0. The molecule has 1 atom stereocenters. The van der Waals surface area contributed by atoms with Gasteiger partial charge in [-0.05, 0) is 17.4 Å². The Hall–Kier alpha value is -2.10. The molecule has 3 rings (SSSR count). The smallest absolute Gasteiger partial charge is 0.269 e. The van der Waals surface area contributed by atoms with Crippen LogP contribution >= 0.6 is 0 Å². The van der Waals surface area contributed by atoms with Gasteiger partial charge in [0.2, 0.25) is 0 Å². The number of carbonyl (C=O) groups excluding carboxylic acids is 1. The number of carbonyl (C=O) groups is 1. The molecular weight excluding hydrogens is 250 g/mol. The molecule has 4 heteroatoms. The first kappa shape index (κ1) is 12.9. The van der Waals surface area contributed by atoms with E-state index in [1.54, 1.807) is 6.20 Å². The summed E-state index contributed by atoms with van der Waals surface area (Å²) in [4.78, 5) is 18.7. The molecule has 1 aliphatic rings. The number of H-pyrrole nitrogens is 1. The first-order valence-corrected chi connectivity index (χ1v) is 6.87. The number of benzene rings is 1. The van der Waals surface area contributed by atoms with Crippen LogP contribution in [0.3, 0.4) is 0 Å². The molecule has 0 radical (unpaired) electrons. The molecule has 2 N–H and O–H groups in total. The lowest BCUT2D eigenvalue weighted by molar-refractivity contribution is 0.0943. The van der Waals surface area contributed by atoms with Crippen LogP contribution in [0.2, 0.25) is 0 Å². The number of imidazole rings is 1. The number of amides is 1. The maximum absolute atomic E-state index is 12.0. The Kier molecular flexibility index (Phi) is 2.89. The van der Waals surface area contributed by atoms with E-state index >= 15 is 0 Å². The van der Waals surface area contributed by atoms with Crippen molar-refractivity contribution in [3.63, 3.8) is 0 Å². The van der Waals surface area contributed by atoms with Crippen LogP contribution in [0.25, 0.3) is 0 Å². The van der Waals surface area contributed by atoms with Gasteiger partial charge in [0.05, 0.1) is 12.5 Å². The number of nitrogens with one attached hydrogen (secondary N) is 2. The fourth-order valence-corrected chi connectivity index (χ4v) is 3.07. The standard InChI is InChI=1S/C16H19N3O/c1-15(2)9-16(15,12-6-4-3-5-7-12)10-18-14(20)13-8-17-11-19-13/h3-8,11H,9-10H2,1-2H3,(H,17,19)(H,18,20)/t16-/m0/s1. The molecule has 20 heavy (non-hydrogen) atoms. The van der Waals surface area contributed by atoms with Gasteiger partial charge in [0.1, 0.15) is 5.69 Å². The molecule has 2 aromatic rings. The molecule has 1 saturated carbocycles. The van der Waals surface area contributed by atoms with Crippen LogP contribution in [0, 0.1) is 5.41 Å². The third-order valence-corrected chi connectivity index (χ3v) is 4.53. The van der Waals surface area contributed by atoms with E-state index in [2.05, 4.69) is 53.4 Å². The molecule has 1 aromatic carbocycles. The fraction of sp³-hybridized carbons (Fsp3) is 0.375. The molecular formula is C16H19N3O. The summed E-state index contributed by atoms with van der Waals surface area (Å²) in [7, 11) is 0. The Labute approximate surface area is 118 Å². The minimum Gasteiger partial charge on any atom is -0.350 e. The summed E-state index contributed by atoms with van der Waals surface area (Å²) in [6.07, 6.45) is 4.15. The lowest BCUT2D eigenvalue weighted by atomic mass is 9.88. The maximum Gasteiger partial charge on any atom is 0.269 e. The minimum absolute atomic E-state index is 0.0456. The molecule has 104 valence electrons. The maximum atomic E-state index is 12.0. The van der Waals surface area contributed by atoms with Gasteiger partial charge in [0, 0.05) is 12.0 Å². The van der Waals surface area contributed by atoms with Crippen molar-refractivity contribution >= 4 is 5.91 Å². The molecule has 1 aliphatic carbocycles. The zero-order chi connectivity index (χ0) is 14.2. The van der Waals surface area contributed by atoms with Crippen LogP contribution in [0.5, 0.6) is 0 Å². The largest absolute Gasteiger partial charge is 0.350 e. The van der Waals surface area contributed by atoms with Crippen molar-refractivity contribution in [1.82, 2.24) is 15.3 Å². The van der Waals surface area contributed by atoms with E-state index in [-0.39, 0.29) is 16.7 Å². The van der Waals surface area contributed by atoms with Crippen LogP contribution in [0.15, 0.2) is 42.9 Å². The predicted octanol–water partition coefficient (Wildman–Crippen LogP) is 2.51. The van der Waals surface area contributed by atoms with E-state index in [1.165, 1.54) is 11.9 Å². The second-order valence-corrected chi connectivity index (χ2v) is 6.16. The Bertz CT molecular complexity index is 604. The van der Waals surface area contributed by atoms with E-state index in [1.807, 2.05) is 6.07 Å². The van der Waals surface area contributed by atoms with Gasteiger partial charge in [-0.3, -0.25) is 4.79 Å². The van der Waals surface area contributed by atoms with Gasteiger partial charge in [0.15, 0.2) is 0 Å². The van der Waals surface area contributed by atoms with E-state index in [0.717, 1.165) is 6.42 Å². The molecule has 0 unspecified atom stereocenters. The Balaban J connectivity index is 1.76. The van der Waals surface area contributed by atoms with Gasteiger partial charge >= 0.3 is 0 Å². The number of hydrogen-bond donors (Lipinski definition) is 2. The summed E-state index contributed by atoms with van der Waals surface area (Å²) >= 11 is 0. The highest BCUT2D eigenvalue weighted by Gasteiger charge is 2.61. The van der Waals surface area contributed by atoms with E-state index in [4.69, 9.17) is 0 Å². The quantitative estimate of drug-likeness (QED) is 0.896. The SMILES string of the molecule is CC1(C)C[C@]1(CNC(=O)c1cnc[nH]1)c1ccccc1. The van der Waals surface area contributed by atoms with Crippen molar-refractivity contribution in [3.8, 4) is 0 Å². The number of aromatic amines is 1. The highest BCUT2D eigenvalue weighted by atomic mass is 16.1. The first-order chi connectivity index (χ1) is 9.55. The highest BCUT2D eigenvalue weighted by Crippen LogP contribution is 2.63. The minimum atomic E-state index is -0.0968. The Morgan fingerprint density at radius 1 is 1.35 bits per heavy atom. The normalized spacial score (nSPS) is 23.3. The average molecular weight is 269 g/mol. The van der Waals surface area contributed by atoms with Crippen molar-refractivity contribution in [3.05, 3.63) is 54.1 Å². The summed E-state index contributed by atoms with van der Waals surface area (Å²) in [6, 6.07) is 10.4. The molecule has 1 aromatic heterocycles. The summed E-state index contributed by atoms with van der Waals surface area (Å²) in [5.41, 5.74) is 2.07. The molecule has 0 bridgehead atoms. The van der Waals surface area contributed by atoms with Crippen LogP contribution in [-0.4, -0.2) is 22.4 Å². The topological polar surface area (TPSA) is 57.8 Å². The lowest BCUT2D eigenvalue weighted by Gasteiger charge is -2.21. The van der Waals surface area contributed by atoms with Gasteiger partial charge in [-0.1, -0.05) is 44.2 Å². The van der Waals surface area contributed by atoms with Crippen LogP contribution < -0.4 is 5.32 Å². The fourth-order valence-electron chi connectivity index (χ4n) is 3.07. The predicted molar refractivity (Wildman–Crippen MR) is 77.4 cm³/mol. The van der Waals surface area contributed by atoms with Crippen molar-refractivity contribution in [2.75, 3.05) is 6.54 Å². The summed E-state index contributed by atoms with van der Waals surface area (Å²) in [5.74, 6) is -0.0968. The van der Waals surface area contributed by atoms with Crippen LogP contribution in [-0.2, 0) is 5.41 Å². The van der Waals surface area contributed by atoms with Crippen LogP contribution in [0.1, 0.15) is 36.3 Å². The zero-order valence-corrected chi connectivity index (χ0v) is 11.8. The summed E-state index contributed by atoms with van der Waals surface area (Å²) in [5, 5.41) is 3.03. The Morgan fingerprint density at radius 2 is 2.05 bits per heavy atom. The van der Waals surface area contributed by atoms with Crippen molar-refractivity contribution in [1.29, 1.82) is 0 Å². The third kappa shape index (κ3) is 2.01. The van der Waals surface area contributed by atoms with Gasteiger partial charge < -0.3 is 10.3 Å². The number of hydrogen-bond acceptors (Lipinski definition) is 2. The van der Waals surface area contributed by atoms with Crippen molar-refractivity contribution in [2.24, 2.45) is 5.41 Å². The van der Waals surface area contributed by atoms with Gasteiger partial charge in [-0.15, -0.1) is 0 Å². The molecule has 0 saturated heterocycles. The molecule has 1 heterocycles.